The Bertz CT molecular complexity index is 183. The number of aliphatic hydroxyl groups is 1. The Balaban J connectivity index is 2.07. The van der Waals surface area contributed by atoms with Crippen molar-refractivity contribution in [2.75, 3.05) is 19.8 Å². The van der Waals surface area contributed by atoms with Gasteiger partial charge in [-0.3, -0.25) is 0 Å². The first-order valence-corrected chi connectivity index (χ1v) is 5.82. The first-order valence-electron chi connectivity index (χ1n) is 5.82. The molecule has 1 saturated heterocycles. The van der Waals surface area contributed by atoms with Gasteiger partial charge in [-0.25, -0.2) is 0 Å². The summed E-state index contributed by atoms with van der Waals surface area (Å²) >= 11 is 0. The van der Waals surface area contributed by atoms with Crippen LogP contribution in [0.25, 0.3) is 0 Å². The third kappa shape index (κ3) is 5.92. The van der Waals surface area contributed by atoms with Crippen molar-refractivity contribution in [1.29, 1.82) is 0 Å². The molecule has 1 fully saturated rings. The molecule has 0 radical (unpaired) electrons. The predicted octanol–water partition coefficient (Wildman–Crippen LogP) is 2.25. The van der Waals surface area contributed by atoms with E-state index >= 15 is 0 Å². The molecule has 0 amide bonds. The van der Waals surface area contributed by atoms with Gasteiger partial charge in [-0.15, -0.1) is 0 Å². The van der Waals surface area contributed by atoms with E-state index < -0.39 is 0 Å². The van der Waals surface area contributed by atoms with Gasteiger partial charge in [-0.2, -0.15) is 0 Å². The molecule has 0 unspecified atom stereocenters. The zero-order chi connectivity index (χ0) is 10.9. The highest BCUT2D eigenvalue weighted by atomic mass is 16.7. The van der Waals surface area contributed by atoms with E-state index in [1.807, 2.05) is 0 Å². The maximum atomic E-state index is 8.68. The third-order valence-electron chi connectivity index (χ3n) is 2.52. The fourth-order valence-corrected chi connectivity index (χ4v) is 1.63. The number of ether oxygens (including phenoxy) is 2. The lowest BCUT2D eigenvalue weighted by Gasteiger charge is -2.22. The summed E-state index contributed by atoms with van der Waals surface area (Å²) < 4.78 is 10.9. The maximum absolute atomic E-state index is 8.68. The Kier molecular flexibility index (Phi) is 6.64. The monoisotopic (exact) mass is 214 g/mol. The average molecular weight is 214 g/mol. The van der Waals surface area contributed by atoms with Gasteiger partial charge in [0.2, 0.25) is 0 Å². The molecule has 1 heterocycles. The van der Waals surface area contributed by atoms with Gasteiger partial charge in [-0.1, -0.05) is 11.6 Å². The van der Waals surface area contributed by atoms with Gasteiger partial charge in [0.1, 0.15) is 0 Å². The topological polar surface area (TPSA) is 38.7 Å². The minimum absolute atomic E-state index is 0.000594. The highest BCUT2D eigenvalue weighted by molar-refractivity contribution is 4.97. The van der Waals surface area contributed by atoms with Crippen molar-refractivity contribution in [3.63, 3.8) is 0 Å². The summed E-state index contributed by atoms with van der Waals surface area (Å²) in [4.78, 5) is 0. The van der Waals surface area contributed by atoms with Gasteiger partial charge in [-0.05, 0) is 32.6 Å². The Morgan fingerprint density at radius 1 is 1.40 bits per heavy atom. The SMILES string of the molecule is C/C(=C/CCC1OCCCO1)CCCO. The lowest BCUT2D eigenvalue weighted by atomic mass is 10.1. The van der Waals surface area contributed by atoms with E-state index in [-0.39, 0.29) is 12.9 Å². The van der Waals surface area contributed by atoms with Gasteiger partial charge in [0, 0.05) is 13.0 Å². The smallest absolute Gasteiger partial charge is 0.157 e. The van der Waals surface area contributed by atoms with Crippen LogP contribution in [0.3, 0.4) is 0 Å². The van der Waals surface area contributed by atoms with Crippen molar-refractivity contribution in [2.45, 2.75) is 45.3 Å². The number of allylic oxidation sites excluding steroid dienone is 2. The van der Waals surface area contributed by atoms with E-state index in [4.69, 9.17) is 14.6 Å². The van der Waals surface area contributed by atoms with Crippen molar-refractivity contribution in [1.82, 2.24) is 0 Å². The molecule has 3 nitrogen and oxygen atoms in total. The molecular weight excluding hydrogens is 192 g/mol. The summed E-state index contributed by atoms with van der Waals surface area (Å²) in [6, 6.07) is 0. The summed E-state index contributed by atoms with van der Waals surface area (Å²) in [7, 11) is 0. The van der Waals surface area contributed by atoms with E-state index in [2.05, 4.69) is 13.0 Å². The third-order valence-corrected chi connectivity index (χ3v) is 2.52. The van der Waals surface area contributed by atoms with Crippen LogP contribution in [0.1, 0.15) is 39.0 Å². The summed E-state index contributed by atoms with van der Waals surface area (Å²) in [5, 5.41) is 8.68. The van der Waals surface area contributed by atoms with Crippen LogP contribution in [0, 0.1) is 0 Å². The molecule has 0 bridgehead atoms. The summed E-state index contributed by atoms with van der Waals surface area (Å²) in [5.41, 5.74) is 1.35. The molecule has 1 aliphatic heterocycles. The highest BCUT2D eigenvalue weighted by Gasteiger charge is 2.12. The second-order valence-corrected chi connectivity index (χ2v) is 3.98. The Labute approximate surface area is 92.1 Å². The molecule has 0 aromatic rings. The lowest BCUT2D eigenvalue weighted by molar-refractivity contribution is -0.180. The predicted molar refractivity (Wildman–Crippen MR) is 59.6 cm³/mol. The standard InChI is InChI=1S/C12H22O3/c1-11(6-3-8-13)5-2-7-12-14-9-4-10-15-12/h5,12-13H,2-4,6-10H2,1H3/b11-5-. The molecule has 0 aromatic heterocycles. The number of hydrogen-bond donors (Lipinski definition) is 1. The first kappa shape index (κ1) is 12.7. The van der Waals surface area contributed by atoms with Crippen molar-refractivity contribution < 1.29 is 14.6 Å². The molecule has 1 rings (SSSR count). The fourth-order valence-electron chi connectivity index (χ4n) is 1.63. The fraction of sp³-hybridized carbons (Fsp3) is 0.833. The second kappa shape index (κ2) is 7.85. The molecule has 0 aliphatic carbocycles. The van der Waals surface area contributed by atoms with Crippen molar-refractivity contribution >= 4 is 0 Å². The van der Waals surface area contributed by atoms with Crippen LogP contribution in [0.5, 0.6) is 0 Å². The van der Waals surface area contributed by atoms with E-state index in [0.29, 0.717) is 0 Å². The minimum atomic E-state index is 0.000594. The second-order valence-electron chi connectivity index (χ2n) is 3.98. The van der Waals surface area contributed by atoms with Crippen LogP contribution in [0.2, 0.25) is 0 Å². The van der Waals surface area contributed by atoms with Gasteiger partial charge in [0.05, 0.1) is 13.2 Å². The van der Waals surface area contributed by atoms with Crippen molar-refractivity contribution in [3.8, 4) is 0 Å². The minimum Gasteiger partial charge on any atom is -0.396 e. The first-order chi connectivity index (χ1) is 7.33. The van der Waals surface area contributed by atoms with Crippen LogP contribution in [-0.2, 0) is 9.47 Å². The van der Waals surface area contributed by atoms with Crippen molar-refractivity contribution in [2.24, 2.45) is 0 Å². The molecule has 0 aromatic carbocycles. The molecule has 3 heteroatoms. The van der Waals surface area contributed by atoms with Gasteiger partial charge < -0.3 is 14.6 Å². The molecule has 1 aliphatic rings. The molecule has 1 N–H and O–H groups in total. The van der Waals surface area contributed by atoms with E-state index in [0.717, 1.165) is 45.3 Å². The number of aliphatic hydroxyl groups excluding tert-OH is 1. The largest absolute Gasteiger partial charge is 0.396 e. The van der Waals surface area contributed by atoms with Gasteiger partial charge in [0.25, 0.3) is 0 Å². The molecule has 15 heavy (non-hydrogen) atoms. The van der Waals surface area contributed by atoms with Crippen LogP contribution >= 0.6 is 0 Å². The van der Waals surface area contributed by atoms with Gasteiger partial charge in [0.15, 0.2) is 6.29 Å². The molecule has 0 atom stereocenters. The quantitative estimate of drug-likeness (QED) is 0.689. The Hall–Kier alpha value is -0.380. The number of hydrogen-bond acceptors (Lipinski definition) is 3. The van der Waals surface area contributed by atoms with Crippen LogP contribution in [0.15, 0.2) is 11.6 Å². The Morgan fingerprint density at radius 3 is 2.80 bits per heavy atom. The number of rotatable bonds is 6. The van der Waals surface area contributed by atoms with E-state index in [9.17, 15) is 0 Å². The zero-order valence-corrected chi connectivity index (χ0v) is 9.58. The van der Waals surface area contributed by atoms with E-state index in [1.165, 1.54) is 5.57 Å². The normalized spacial score (nSPS) is 19.5. The van der Waals surface area contributed by atoms with E-state index in [1.54, 1.807) is 0 Å². The molecule has 88 valence electrons. The van der Waals surface area contributed by atoms with Crippen LogP contribution < -0.4 is 0 Å². The summed E-state index contributed by atoms with van der Waals surface area (Å²) in [6.45, 7) is 4.05. The molecular formula is C12H22O3. The Morgan fingerprint density at radius 2 is 2.13 bits per heavy atom. The van der Waals surface area contributed by atoms with Crippen molar-refractivity contribution in [3.05, 3.63) is 11.6 Å². The zero-order valence-electron chi connectivity index (χ0n) is 9.58. The van der Waals surface area contributed by atoms with Gasteiger partial charge >= 0.3 is 0 Å². The highest BCUT2D eigenvalue weighted by Crippen LogP contribution is 2.12. The molecule has 0 saturated carbocycles. The summed E-state index contributed by atoms with van der Waals surface area (Å²) in [5.74, 6) is 0. The van der Waals surface area contributed by atoms with Crippen LogP contribution in [0.4, 0.5) is 0 Å². The summed E-state index contributed by atoms with van der Waals surface area (Å²) in [6.07, 6.45) is 7.03. The average Bonchev–Trinajstić information content (AvgIpc) is 2.28. The van der Waals surface area contributed by atoms with Crippen LogP contribution in [-0.4, -0.2) is 31.2 Å². The molecule has 0 spiro atoms. The lowest BCUT2D eigenvalue weighted by Crippen LogP contribution is -2.24. The maximum Gasteiger partial charge on any atom is 0.157 e.